The Morgan fingerprint density at radius 1 is 1.32 bits per heavy atom. The van der Waals surface area contributed by atoms with Crippen molar-refractivity contribution in [1.29, 1.82) is 0 Å². The number of rotatable bonds is 10. The quantitative estimate of drug-likeness (QED) is 0.385. The van der Waals surface area contributed by atoms with Gasteiger partial charge in [0.25, 0.3) is 0 Å². The van der Waals surface area contributed by atoms with Gasteiger partial charge in [0.05, 0.1) is 29.0 Å². The van der Waals surface area contributed by atoms with Gasteiger partial charge < -0.3 is 19.8 Å². The number of hydrogen-bond acceptors (Lipinski definition) is 6. The fraction of sp³-hybridized carbons (Fsp3) is 0.462. The Morgan fingerprint density at radius 2 is 2.18 bits per heavy atom. The summed E-state index contributed by atoms with van der Waals surface area (Å²) in [6, 6.07) is 11.5. The summed E-state index contributed by atoms with van der Waals surface area (Å²) < 4.78 is 6.14. The van der Waals surface area contributed by atoms with Crippen LogP contribution in [0, 0.1) is 11.8 Å². The van der Waals surface area contributed by atoms with Crippen molar-refractivity contribution in [2.75, 3.05) is 26.7 Å². The van der Waals surface area contributed by atoms with Gasteiger partial charge in [0.2, 0.25) is 0 Å². The predicted octanol–water partition coefficient (Wildman–Crippen LogP) is 5.43. The van der Waals surface area contributed by atoms with Crippen LogP contribution in [0.3, 0.4) is 0 Å². The minimum atomic E-state index is -0.742. The summed E-state index contributed by atoms with van der Waals surface area (Å²) in [6.45, 7) is 2.35. The lowest BCUT2D eigenvalue weighted by Gasteiger charge is -2.37. The average Bonchev–Trinajstić information content (AvgIpc) is 3.26. The number of carbonyl (C=O) groups is 1. The highest BCUT2D eigenvalue weighted by Crippen LogP contribution is 2.34. The summed E-state index contributed by atoms with van der Waals surface area (Å²) in [5, 5.41) is 21.7. The zero-order valence-corrected chi connectivity index (χ0v) is 20.9. The number of nitrogens with zero attached hydrogens (tertiary/aromatic N) is 2. The van der Waals surface area contributed by atoms with E-state index in [0.29, 0.717) is 19.4 Å². The molecule has 0 spiro atoms. The second kappa shape index (κ2) is 11.5. The summed E-state index contributed by atoms with van der Waals surface area (Å²) >= 11 is 7.62. The maximum absolute atomic E-state index is 12.0. The molecule has 0 bridgehead atoms. The molecule has 4 rings (SSSR count). The second-order valence-electron chi connectivity index (χ2n) is 8.98. The summed E-state index contributed by atoms with van der Waals surface area (Å²) in [7, 11) is 1.61. The number of aliphatic carboxylic acids is 1. The number of ether oxygens (including phenoxy) is 1. The lowest BCUT2D eigenvalue weighted by Crippen LogP contribution is -2.44. The van der Waals surface area contributed by atoms with Gasteiger partial charge in [0, 0.05) is 23.0 Å². The SMILES string of the molecule is COc1ccc2nccc([C@@H](O)CC[C@@H]3CCN(CCCc4ccc(Cl)s4)C[C@@H]3C(=O)O)c2c1. The van der Waals surface area contributed by atoms with Crippen LogP contribution in [-0.4, -0.2) is 52.8 Å². The van der Waals surface area contributed by atoms with E-state index < -0.39 is 18.0 Å². The molecule has 0 aliphatic carbocycles. The molecule has 0 amide bonds. The maximum atomic E-state index is 12.0. The van der Waals surface area contributed by atoms with Gasteiger partial charge in [0.15, 0.2) is 0 Å². The average molecular weight is 503 g/mol. The number of methoxy groups -OCH3 is 1. The molecular weight excluding hydrogens is 472 g/mol. The topological polar surface area (TPSA) is 82.9 Å². The fourth-order valence-electron chi connectivity index (χ4n) is 4.95. The van der Waals surface area contributed by atoms with E-state index in [1.54, 1.807) is 24.6 Å². The van der Waals surface area contributed by atoms with E-state index >= 15 is 0 Å². The van der Waals surface area contributed by atoms with Crippen molar-refractivity contribution in [3.8, 4) is 5.75 Å². The molecule has 3 heterocycles. The number of pyridine rings is 1. The van der Waals surface area contributed by atoms with Gasteiger partial charge in [0.1, 0.15) is 5.75 Å². The van der Waals surface area contributed by atoms with Gasteiger partial charge in [-0.3, -0.25) is 9.78 Å². The smallest absolute Gasteiger partial charge is 0.308 e. The molecule has 34 heavy (non-hydrogen) atoms. The number of aliphatic hydroxyl groups is 1. The molecule has 1 aliphatic rings. The van der Waals surface area contributed by atoms with Crippen molar-refractivity contribution >= 4 is 39.8 Å². The third-order valence-corrected chi connectivity index (χ3v) is 8.13. The van der Waals surface area contributed by atoms with Crippen LogP contribution in [0.25, 0.3) is 10.9 Å². The first kappa shape index (κ1) is 24.9. The Kier molecular flexibility index (Phi) is 8.42. The first-order valence-corrected chi connectivity index (χ1v) is 12.9. The van der Waals surface area contributed by atoms with Crippen LogP contribution in [0.2, 0.25) is 4.34 Å². The molecule has 0 unspecified atom stereocenters. The highest BCUT2D eigenvalue weighted by Gasteiger charge is 2.34. The normalized spacial score (nSPS) is 19.9. The molecule has 2 N–H and O–H groups in total. The van der Waals surface area contributed by atoms with E-state index in [1.165, 1.54) is 4.88 Å². The van der Waals surface area contributed by atoms with Gasteiger partial charge in [-0.1, -0.05) is 11.6 Å². The van der Waals surface area contributed by atoms with Gasteiger partial charge in [-0.15, -0.1) is 11.3 Å². The molecule has 1 saturated heterocycles. The highest BCUT2D eigenvalue weighted by molar-refractivity contribution is 7.16. The van der Waals surface area contributed by atoms with Crippen LogP contribution >= 0.6 is 22.9 Å². The summed E-state index contributed by atoms with van der Waals surface area (Å²) in [5.74, 6) is -0.378. The van der Waals surface area contributed by atoms with E-state index in [9.17, 15) is 15.0 Å². The molecule has 0 radical (unpaired) electrons. The van der Waals surface area contributed by atoms with E-state index in [4.69, 9.17) is 16.3 Å². The van der Waals surface area contributed by atoms with E-state index in [2.05, 4.69) is 16.0 Å². The number of aryl methyl sites for hydroxylation is 1. The largest absolute Gasteiger partial charge is 0.497 e. The van der Waals surface area contributed by atoms with Crippen molar-refractivity contribution < 1.29 is 19.7 Å². The molecule has 3 aromatic rings. The molecule has 1 aromatic carbocycles. The summed E-state index contributed by atoms with van der Waals surface area (Å²) in [5.41, 5.74) is 1.61. The lowest BCUT2D eigenvalue weighted by atomic mass is 9.81. The van der Waals surface area contributed by atoms with Gasteiger partial charge in [-0.25, -0.2) is 0 Å². The van der Waals surface area contributed by atoms with Gasteiger partial charge in [-0.2, -0.15) is 0 Å². The number of piperidine rings is 1. The van der Waals surface area contributed by atoms with E-state index in [0.717, 1.165) is 58.9 Å². The molecule has 1 aliphatic heterocycles. The first-order chi connectivity index (χ1) is 16.4. The number of benzene rings is 1. The van der Waals surface area contributed by atoms with Crippen molar-refractivity contribution in [3.63, 3.8) is 0 Å². The number of aliphatic hydroxyl groups excluding tert-OH is 1. The first-order valence-electron chi connectivity index (χ1n) is 11.7. The number of likely N-dealkylation sites (tertiary alicyclic amines) is 1. The molecule has 6 nitrogen and oxygen atoms in total. The third-order valence-electron chi connectivity index (χ3n) is 6.84. The number of halogens is 1. The van der Waals surface area contributed by atoms with Gasteiger partial charge in [-0.05, 0) is 93.1 Å². The molecule has 2 aromatic heterocycles. The maximum Gasteiger partial charge on any atom is 0.308 e. The monoisotopic (exact) mass is 502 g/mol. The third kappa shape index (κ3) is 6.08. The van der Waals surface area contributed by atoms with Crippen molar-refractivity contribution in [2.45, 2.75) is 38.2 Å². The molecule has 1 fully saturated rings. The zero-order chi connectivity index (χ0) is 24.1. The van der Waals surface area contributed by atoms with Crippen molar-refractivity contribution in [1.82, 2.24) is 9.88 Å². The van der Waals surface area contributed by atoms with Crippen LogP contribution in [0.4, 0.5) is 0 Å². The standard InChI is InChI=1S/C26H31ClN2O4S/c1-33-18-5-7-23-21(15-18)20(10-12-28-23)24(30)8-4-17-11-14-29(16-22(17)26(31)32)13-2-3-19-6-9-25(27)34-19/h5-7,9-10,12,15,17,22,24,30H,2-4,8,11,13-14,16H2,1H3,(H,31,32)/t17-,22+,24+/m1/s1. The van der Waals surface area contributed by atoms with Crippen LogP contribution in [0.5, 0.6) is 5.75 Å². The number of carboxylic acids is 1. The number of hydrogen-bond donors (Lipinski definition) is 2. The predicted molar refractivity (Wildman–Crippen MR) is 136 cm³/mol. The van der Waals surface area contributed by atoms with Crippen molar-refractivity contribution in [2.24, 2.45) is 11.8 Å². The Balaban J connectivity index is 1.33. The molecule has 3 atom stereocenters. The summed E-state index contributed by atoms with van der Waals surface area (Å²) in [4.78, 5) is 20.0. The number of fused-ring (bicyclic) bond motifs is 1. The molecular formula is C26H31ClN2O4S. The number of aromatic nitrogens is 1. The lowest BCUT2D eigenvalue weighted by molar-refractivity contribution is -0.146. The minimum absolute atomic E-state index is 0.0575. The van der Waals surface area contributed by atoms with Crippen LogP contribution in [0.1, 0.15) is 42.2 Å². The minimum Gasteiger partial charge on any atom is -0.497 e. The zero-order valence-electron chi connectivity index (χ0n) is 19.3. The van der Waals surface area contributed by atoms with E-state index in [1.807, 2.05) is 30.3 Å². The van der Waals surface area contributed by atoms with Crippen LogP contribution in [0.15, 0.2) is 42.6 Å². The highest BCUT2D eigenvalue weighted by atomic mass is 35.5. The van der Waals surface area contributed by atoms with Crippen molar-refractivity contribution in [3.05, 3.63) is 57.4 Å². The second-order valence-corrected chi connectivity index (χ2v) is 10.8. The van der Waals surface area contributed by atoms with Crippen LogP contribution in [-0.2, 0) is 11.2 Å². The molecule has 0 saturated carbocycles. The fourth-order valence-corrected chi connectivity index (χ4v) is 6.08. The number of thiophene rings is 1. The molecule has 182 valence electrons. The Morgan fingerprint density at radius 3 is 2.91 bits per heavy atom. The number of carboxylic acid groups (broad SMARTS) is 1. The van der Waals surface area contributed by atoms with E-state index in [-0.39, 0.29) is 5.92 Å². The summed E-state index contributed by atoms with van der Waals surface area (Å²) in [6.07, 6.45) is 5.01. The Hall–Kier alpha value is -2.19. The molecule has 8 heteroatoms. The van der Waals surface area contributed by atoms with Crippen LogP contribution < -0.4 is 4.74 Å². The Bertz CT molecular complexity index is 1120. The van der Waals surface area contributed by atoms with Gasteiger partial charge >= 0.3 is 5.97 Å². The Labute approximate surface area is 209 Å².